The zero-order valence-electron chi connectivity index (χ0n) is 12.3. The summed E-state index contributed by atoms with van der Waals surface area (Å²) >= 11 is 0. The maximum Gasteiger partial charge on any atom is 0.0628 e. The summed E-state index contributed by atoms with van der Waals surface area (Å²) in [6, 6.07) is 0. The van der Waals surface area contributed by atoms with E-state index in [-0.39, 0.29) is 0 Å². The Bertz CT molecular complexity index is 347. The molecule has 0 aliphatic carbocycles. The van der Waals surface area contributed by atoms with Gasteiger partial charge in [0.05, 0.1) is 12.3 Å². The summed E-state index contributed by atoms with van der Waals surface area (Å²) in [6.45, 7) is 10.2. The van der Waals surface area contributed by atoms with Crippen molar-refractivity contribution in [2.24, 2.45) is 0 Å². The van der Waals surface area contributed by atoms with Crippen LogP contribution in [0.2, 0.25) is 0 Å². The van der Waals surface area contributed by atoms with Crippen LogP contribution in [0.15, 0.2) is 0 Å². The molecule has 4 nitrogen and oxygen atoms in total. The summed E-state index contributed by atoms with van der Waals surface area (Å²) in [5.74, 6) is 0. The molecule has 0 bridgehead atoms. The summed E-state index contributed by atoms with van der Waals surface area (Å²) in [4.78, 5) is 0. The standard InChI is InChI=1S/C14H27N3O/c1-5-6-10-17-13(3)14(12(2)16-17)7-8-15-9-11-18-4/h15H,5-11H2,1-4H3. The minimum absolute atomic E-state index is 0.772. The molecule has 0 aromatic carbocycles. The Morgan fingerprint density at radius 2 is 2.06 bits per heavy atom. The zero-order chi connectivity index (χ0) is 13.4. The smallest absolute Gasteiger partial charge is 0.0628 e. The van der Waals surface area contributed by atoms with Crippen molar-refractivity contribution < 1.29 is 4.74 Å². The molecule has 0 saturated carbocycles. The van der Waals surface area contributed by atoms with Gasteiger partial charge in [-0.25, -0.2) is 0 Å². The average molecular weight is 253 g/mol. The predicted molar refractivity (Wildman–Crippen MR) is 75.1 cm³/mol. The Morgan fingerprint density at radius 1 is 1.28 bits per heavy atom. The highest BCUT2D eigenvalue weighted by molar-refractivity contribution is 5.24. The first-order valence-corrected chi connectivity index (χ1v) is 6.93. The fourth-order valence-corrected chi connectivity index (χ4v) is 2.13. The molecule has 0 aliphatic rings. The first kappa shape index (κ1) is 15.2. The van der Waals surface area contributed by atoms with Crippen molar-refractivity contribution in [1.82, 2.24) is 15.1 Å². The molecule has 0 spiro atoms. The number of nitrogens with zero attached hydrogens (tertiary/aromatic N) is 2. The lowest BCUT2D eigenvalue weighted by Crippen LogP contribution is -2.22. The van der Waals surface area contributed by atoms with E-state index in [1.807, 2.05) is 0 Å². The molecule has 0 atom stereocenters. The van der Waals surface area contributed by atoms with Crippen LogP contribution in [0.25, 0.3) is 0 Å². The molecule has 104 valence electrons. The van der Waals surface area contributed by atoms with Crippen molar-refractivity contribution in [2.75, 3.05) is 26.8 Å². The third kappa shape index (κ3) is 4.42. The van der Waals surface area contributed by atoms with E-state index in [2.05, 4.69) is 35.9 Å². The van der Waals surface area contributed by atoms with Gasteiger partial charge < -0.3 is 10.1 Å². The SMILES string of the molecule is CCCCn1nc(C)c(CCNCCOC)c1C. The molecular weight excluding hydrogens is 226 g/mol. The van der Waals surface area contributed by atoms with Crippen molar-refractivity contribution in [3.05, 3.63) is 17.0 Å². The normalized spacial score (nSPS) is 11.1. The van der Waals surface area contributed by atoms with Crippen molar-refractivity contribution in [3.8, 4) is 0 Å². The minimum Gasteiger partial charge on any atom is -0.383 e. The number of aryl methyl sites for hydroxylation is 2. The van der Waals surface area contributed by atoms with Crippen molar-refractivity contribution in [2.45, 2.75) is 46.6 Å². The second kappa shape index (κ2) is 8.27. The lowest BCUT2D eigenvalue weighted by molar-refractivity contribution is 0.199. The second-order valence-corrected chi connectivity index (χ2v) is 4.72. The van der Waals surface area contributed by atoms with Crippen LogP contribution in [0.5, 0.6) is 0 Å². The van der Waals surface area contributed by atoms with E-state index in [4.69, 9.17) is 4.74 Å². The lowest BCUT2D eigenvalue weighted by atomic mass is 10.1. The largest absolute Gasteiger partial charge is 0.383 e. The van der Waals surface area contributed by atoms with Gasteiger partial charge in [-0.3, -0.25) is 4.68 Å². The monoisotopic (exact) mass is 253 g/mol. The van der Waals surface area contributed by atoms with Crippen LogP contribution in [0, 0.1) is 13.8 Å². The Balaban J connectivity index is 2.46. The Morgan fingerprint density at radius 3 is 2.72 bits per heavy atom. The van der Waals surface area contributed by atoms with Gasteiger partial charge in [0.15, 0.2) is 0 Å². The summed E-state index contributed by atoms with van der Waals surface area (Å²) in [6.07, 6.45) is 3.47. The second-order valence-electron chi connectivity index (χ2n) is 4.72. The number of ether oxygens (including phenoxy) is 1. The van der Waals surface area contributed by atoms with Crippen molar-refractivity contribution >= 4 is 0 Å². The van der Waals surface area contributed by atoms with Crippen LogP contribution in [-0.4, -0.2) is 36.6 Å². The predicted octanol–water partition coefficient (Wildman–Crippen LogP) is 2.08. The quantitative estimate of drug-likeness (QED) is 0.685. The van der Waals surface area contributed by atoms with Crippen molar-refractivity contribution in [3.63, 3.8) is 0 Å². The number of unbranched alkanes of at least 4 members (excludes halogenated alkanes) is 1. The van der Waals surface area contributed by atoms with Gasteiger partial charge >= 0.3 is 0 Å². The van der Waals surface area contributed by atoms with E-state index in [0.717, 1.165) is 32.7 Å². The van der Waals surface area contributed by atoms with Crippen LogP contribution in [0.4, 0.5) is 0 Å². The number of hydrogen-bond donors (Lipinski definition) is 1. The Kier molecular flexibility index (Phi) is 6.98. The van der Waals surface area contributed by atoms with Crippen LogP contribution >= 0.6 is 0 Å². The third-order valence-electron chi connectivity index (χ3n) is 3.29. The Labute approximate surface area is 111 Å². The highest BCUT2D eigenvalue weighted by atomic mass is 16.5. The van der Waals surface area contributed by atoms with Gasteiger partial charge in [0.2, 0.25) is 0 Å². The first-order valence-electron chi connectivity index (χ1n) is 6.93. The van der Waals surface area contributed by atoms with E-state index in [1.165, 1.54) is 29.8 Å². The molecule has 1 N–H and O–H groups in total. The van der Waals surface area contributed by atoms with Crippen LogP contribution in [0.3, 0.4) is 0 Å². The summed E-state index contributed by atoms with van der Waals surface area (Å²) in [5.41, 5.74) is 3.91. The van der Waals surface area contributed by atoms with E-state index < -0.39 is 0 Å². The minimum atomic E-state index is 0.772. The fraction of sp³-hybridized carbons (Fsp3) is 0.786. The van der Waals surface area contributed by atoms with Gasteiger partial charge in [0, 0.05) is 25.9 Å². The molecule has 0 aliphatic heterocycles. The summed E-state index contributed by atoms with van der Waals surface area (Å²) in [7, 11) is 1.73. The van der Waals surface area contributed by atoms with Gasteiger partial charge in [0.25, 0.3) is 0 Å². The summed E-state index contributed by atoms with van der Waals surface area (Å²) in [5, 5.41) is 8.01. The maximum absolute atomic E-state index is 5.01. The third-order valence-corrected chi connectivity index (χ3v) is 3.29. The highest BCUT2D eigenvalue weighted by Gasteiger charge is 2.10. The summed E-state index contributed by atoms with van der Waals surface area (Å²) < 4.78 is 7.17. The number of rotatable bonds is 9. The van der Waals surface area contributed by atoms with E-state index in [9.17, 15) is 0 Å². The number of hydrogen-bond acceptors (Lipinski definition) is 3. The highest BCUT2D eigenvalue weighted by Crippen LogP contribution is 2.14. The molecular formula is C14H27N3O. The topological polar surface area (TPSA) is 39.1 Å². The molecule has 0 saturated heterocycles. The molecule has 0 amide bonds. The average Bonchev–Trinajstić information content (AvgIpc) is 2.63. The molecule has 1 aromatic heterocycles. The lowest BCUT2D eigenvalue weighted by Gasteiger charge is -2.06. The molecule has 0 unspecified atom stereocenters. The van der Waals surface area contributed by atoms with E-state index in [0.29, 0.717) is 0 Å². The van der Waals surface area contributed by atoms with Crippen LogP contribution in [-0.2, 0) is 17.7 Å². The maximum atomic E-state index is 5.01. The van der Waals surface area contributed by atoms with Crippen LogP contribution < -0.4 is 5.32 Å². The molecule has 1 aromatic rings. The van der Waals surface area contributed by atoms with Gasteiger partial charge in [-0.2, -0.15) is 5.10 Å². The molecule has 4 heteroatoms. The zero-order valence-corrected chi connectivity index (χ0v) is 12.3. The number of aromatic nitrogens is 2. The van der Waals surface area contributed by atoms with Gasteiger partial charge in [-0.05, 0) is 38.8 Å². The van der Waals surface area contributed by atoms with Crippen LogP contribution in [0.1, 0.15) is 36.7 Å². The van der Waals surface area contributed by atoms with E-state index >= 15 is 0 Å². The fourth-order valence-electron chi connectivity index (χ4n) is 2.13. The van der Waals surface area contributed by atoms with Gasteiger partial charge in [-0.1, -0.05) is 13.3 Å². The number of nitrogens with one attached hydrogen (secondary N) is 1. The molecule has 0 radical (unpaired) electrons. The number of methoxy groups -OCH3 is 1. The first-order chi connectivity index (χ1) is 8.70. The molecule has 1 rings (SSSR count). The molecule has 1 heterocycles. The van der Waals surface area contributed by atoms with E-state index in [1.54, 1.807) is 7.11 Å². The Hall–Kier alpha value is -0.870. The molecule has 0 fully saturated rings. The van der Waals surface area contributed by atoms with Crippen molar-refractivity contribution in [1.29, 1.82) is 0 Å². The van der Waals surface area contributed by atoms with Gasteiger partial charge in [-0.15, -0.1) is 0 Å². The molecule has 18 heavy (non-hydrogen) atoms. The van der Waals surface area contributed by atoms with Gasteiger partial charge in [0.1, 0.15) is 0 Å².